The Morgan fingerprint density at radius 2 is 1.81 bits per heavy atom. The average molecular weight is 350 g/mol. The summed E-state index contributed by atoms with van der Waals surface area (Å²) in [5.41, 5.74) is 1.21. The minimum Gasteiger partial charge on any atom is -0.492 e. The van der Waals surface area contributed by atoms with Crippen molar-refractivity contribution in [3.63, 3.8) is 0 Å². The van der Waals surface area contributed by atoms with Crippen LogP contribution in [0, 0.1) is 6.92 Å². The molecule has 0 unspecified atom stereocenters. The third kappa shape index (κ3) is 4.46. The molecule has 1 aromatic rings. The Bertz CT molecular complexity index is 337. The zero-order valence-corrected chi connectivity index (χ0v) is 13.0. The molecular formula is C13H18Br2O. The van der Waals surface area contributed by atoms with Crippen LogP contribution in [0.2, 0.25) is 0 Å². The first-order valence-electron chi connectivity index (χ1n) is 5.73. The molecule has 0 aliphatic carbocycles. The number of unbranched alkanes of at least 4 members (excludes halogenated alkanes) is 3. The molecule has 90 valence electrons. The van der Waals surface area contributed by atoms with E-state index in [1.165, 1.54) is 24.8 Å². The Morgan fingerprint density at radius 3 is 2.50 bits per heavy atom. The molecule has 0 amide bonds. The maximum absolute atomic E-state index is 5.74. The van der Waals surface area contributed by atoms with Crippen LogP contribution in [0.1, 0.15) is 38.2 Å². The summed E-state index contributed by atoms with van der Waals surface area (Å²) in [5, 5.41) is 0. The molecule has 16 heavy (non-hydrogen) atoms. The van der Waals surface area contributed by atoms with E-state index in [0.717, 1.165) is 27.7 Å². The maximum atomic E-state index is 5.74. The van der Waals surface area contributed by atoms with Gasteiger partial charge in [0, 0.05) is 4.47 Å². The summed E-state index contributed by atoms with van der Waals surface area (Å²) in [6.45, 7) is 5.09. The lowest BCUT2D eigenvalue weighted by Crippen LogP contribution is -1.98. The van der Waals surface area contributed by atoms with Crippen molar-refractivity contribution >= 4 is 31.9 Å². The van der Waals surface area contributed by atoms with Crippen LogP contribution < -0.4 is 4.74 Å². The molecule has 0 fully saturated rings. The van der Waals surface area contributed by atoms with Crippen LogP contribution >= 0.6 is 31.9 Å². The third-order valence-corrected chi connectivity index (χ3v) is 3.94. The van der Waals surface area contributed by atoms with Crippen molar-refractivity contribution in [3.8, 4) is 5.75 Å². The van der Waals surface area contributed by atoms with Crippen LogP contribution in [0.15, 0.2) is 21.1 Å². The maximum Gasteiger partial charge on any atom is 0.134 e. The first-order chi connectivity index (χ1) is 7.65. The number of aryl methyl sites for hydroxylation is 1. The van der Waals surface area contributed by atoms with E-state index in [-0.39, 0.29) is 0 Å². The Morgan fingerprint density at radius 1 is 1.06 bits per heavy atom. The van der Waals surface area contributed by atoms with Gasteiger partial charge < -0.3 is 4.74 Å². The standard InChI is InChI=1S/C13H18Br2O/c1-3-4-5-6-7-16-13-9-11(14)10(2)8-12(13)15/h8-9H,3-7H2,1-2H3. The molecule has 0 spiro atoms. The van der Waals surface area contributed by atoms with Gasteiger partial charge in [0.05, 0.1) is 11.1 Å². The topological polar surface area (TPSA) is 9.23 Å². The Labute approximate surface area is 115 Å². The summed E-state index contributed by atoms with van der Waals surface area (Å²) in [5.74, 6) is 0.925. The van der Waals surface area contributed by atoms with Gasteiger partial charge in [0.25, 0.3) is 0 Å². The van der Waals surface area contributed by atoms with E-state index in [4.69, 9.17) is 4.74 Å². The molecule has 3 heteroatoms. The molecule has 0 aliphatic heterocycles. The first-order valence-corrected chi connectivity index (χ1v) is 7.32. The predicted molar refractivity (Wildman–Crippen MR) is 76.2 cm³/mol. The van der Waals surface area contributed by atoms with E-state index >= 15 is 0 Å². The van der Waals surface area contributed by atoms with Gasteiger partial charge in [-0.15, -0.1) is 0 Å². The zero-order chi connectivity index (χ0) is 12.0. The average Bonchev–Trinajstić information content (AvgIpc) is 2.25. The van der Waals surface area contributed by atoms with E-state index < -0.39 is 0 Å². The van der Waals surface area contributed by atoms with Gasteiger partial charge >= 0.3 is 0 Å². The molecule has 1 aromatic carbocycles. The van der Waals surface area contributed by atoms with Gasteiger partial charge in [-0.2, -0.15) is 0 Å². The van der Waals surface area contributed by atoms with Crippen LogP contribution in [0.25, 0.3) is 0 Å². The normalized spacial score (nSPS) is 10.5. The minimum atomic E-state index is 0.800. The quantitative estimate of drug-likeness (QED) is 0.618. The van der Waals surface area contributed by atoms with Crippen LogP contribution in [-0.4, -0.2) is 6.61 Å². The second-order valence-corrected chi connectivity index (χ2v) is 5.65. The van der Waals surface area contributed by atoms with Crippen LogP contribution in [0.3, 0.4) is 0 Å². The smallest absolute Gasteiger partial charge is 0.134 e. The second-order valence-electron chi connectivity index (χ2n) is 3.94. The van der Waals surface area contributed by atoms with Crippen molar-refractivity contribution in [2.75, 3.05) is 6.61 Å². The van der Waals surface area contributed by atoms with Gasteiger partial charge in [0.15, 0.2) is 0 Å². The third-order valence-electron chi connectivity index (χ3n) is 2.47. The second kappa shape index (κ2) is 7.33. The Kier molecular flexibility index (Phi) is 6.44. The summed E-state index contributed by atoms with van der Waals surface area (Å²) < 4.78 is 7.87. The van der Waals surface area contributed by atoms with Gasteiger partial charge in [-0.25, -0.2) is 0 Å². The molecule has 0 saturated heterocycles. The number of benzene rings is 1. The molecule has 0 heterocycles. The van der Waals surface area contributed by atoms with Gasteiger partial charge in [-0.1, -0.05) is 42.1 Å². The van der Waals surface area contributed by atoms with Crippen molar-refractivity contribution in [1.29, 1.82) is 0 Å². The lowest BCUT2D eigenvalue weighted by atomic mass is 10.2. The Hall–Kier alpha value is -0.0200. The predicted octanol–water partition coefficient (Wildman–Crippen LogP) is 5.48. The fourth-order valence-electron chi connectivity index (χ4n) is 1.45. The molecule has 0 aliphatic rings. The van der Waals surface area contributed by atoms with Crippen molar-refractivity contribution in [3.05, 3.63) is 26.6 Å². The van der Waals surface area contributed by atoms with Crippen molar-refractivity contribution in [2.45, 2.75) is 39.5 Å². The largest absolute Gasteiger partial charge is 0.492 e. The zero-order valence-electron chi connectivity index (χ0n) is 9.85. The highest BCUT2D eigenvalue weighted by atomic mass is 79.9. The van der Waals surface area contributed by atoms with Crippen molar-refractivity contribution < 1.29 is 4.74 Å². The molecular weight excluding hydrogens is 332 g/mol. The van der Waals surface area contributed by atoms with Gasteiger partial charge in [-0.05, 0) is 47.0 Å². The highest BCUT2D eigenvalue weighted by molar-refractivity contribution is 9.11. The van der Waals surface area contributed by atoms with E-state index in [9.17, 15) is 0 Å². The van der Waals surface area contributed by atoms with Gasteiger partial charge in [0.1, 0.15) is 5.75 Å². The fourth-order valence-corrected chi connectivity index (χ4v) is 2.34. The summed E-state index contributed by atoms with van der Waals surface area (Å²) in [6, 6.07) is 4.10. The number of ether oxygens (including phenoxy) is 1. The SMILES string of the molecule is CCCCCCOc1cc(Br)c(C)cc1Br. The van der Waals surface area contributed by atoms with E-state index in [1.54, 1.807) is 0 Å². The lowest BCUT2D eigenvalue weighted by molar-refractivity contribution is 0.303. The lowest BCUT2D eigenvalue weighted by Gasteiger charge is -2.10. The molecule has 0 atom stereocenters. The highest BCUT2D eigenvalue weighted by Gasteiger charge is 2.04. The monoisotopic (exact) mass is 348 g/mol. The molecule has 0 radical (unpaired) electrons. The molecule has 1 rings (SSSR count). The van der Waals surface area contributed by atoms with Crippen molar-refractivity contribution in [1.82, 2.24) is 0 Å². The molecule has 0 aromatic heterocycles. The first kappa shape index (κ1) is 14.0. The summed E-state index contributed by atoms with van der Waals surface area (Å²) >= 11 is 7.03. The molecule has 1 nitrogen and oxygen atoms in total. The van der Waals surface area contributed by atoms with Crippen molar-refractivity contribution in [2.24, 2.45) is 0 Å². The summed E-state index contributed by atoms with van der Waals surface area (Å²) in [6.07, 6.45) is 4.94. The van der Waals surface area contributed by atoms with Gasteiger partial charge in [-0.3, -0.25) is 0 Å². The summed E-state index contributed by atoms with van der Waals surface area (Å²) in [4.78, 5) is 0. The van der Waals surface area contributed by atoms with Crippen LogP contribution in [0.4, 0.5) is 0 Å². The molecule has 0 saturated carbocycles. The van der Waals surface area contributed by atoms with Crippen LogP contribution in [0.5, 0.6) is 5.75 Å². The van der Waals surface area contributed by atoms with E-state index in [1.807, 2.05) is 6.07 Å². The fraction of sp³-hybridized carbons (Fsp3) is 0.538. The number of hydrogen-bond acceptors (Lipinski definition) is 1. The number of rotatable bonds is 6. The number of halogens is 2. The summed E-state index contributed by atoms with van der Waals surface area (Å²) in [7, 11) is 0. The van der Waals surface area contributed by atoms with E-state index in [2.05, 4.69) is 51.8 Å². The minimum absolute atomic E-state index is 0.800. The van der Waals surface area contributed by atoms with Crippen LogP contribution in [-0.2, 0) is 0 Å². The number of hydrogen-bond donors (Lipinski definition) is 0. The Balaban J connectivity index is 2.45. The van der Waals surface area contributed by atoms with Gasteiger partial charge in [0.2, 0.25) is 0 Å². The highest BCUT2D eigenvalue weighted by Crippen LogP contribution is 2.31. The molecule has 0 bridgehead atoms. The van der Waals surface area contributed by atoms with E-state index in [0.29, 0.717) is 0 Å². The molecule has 0 N–H and O–H groups in total.